The second kappa shape index (κ2) is 6.29. The third-order valence-electron chi connectivity index (χ3n) is 3.46. The van der Waals surface area contributed by atoms with Crippen LogP contribution in [0.4, 0.5) is 16.2 Å². The van der Waals surface area contributed by atoms with E-state index >= 15 is 0 Å². The van der Waals surface area contributed by atoms with Crippen LogP contribution in [0.2, 0.25) is 0 Å². The molecule has 1 heterocycles. The number of rotatable bonds is 3. The monoisotopic (exact) mass is 340 g/mol. The fourth-order valence-electron chi connectivity index (χ4n) is 2.26. The van der Waals surface area contributed by atoms with Crippen molar-refractivity contribution in [2.75, 3.05) is 4.90 Å². The van der Waals surface area contributed by atoms with Crippen molar-refractivity contribution in [3.8, 4) is 0 Å². The van der Waals surface area contributed by atoms with E-state index in [0.29, 0.717) is 11.3 Å². The molecule has 1 aliphatic rings. The number of non-ortho nitro benzene ring substituents is 1. The van der Waals surface area contributed by atoms with Crippen molar-refractivity contribution in [3.63, 3.8) is 0 Å². The molecule has 0 bridgehead atoms. The van der Waals surface area contributed by atoms with Gasteiger partial charge in [0.05, 0.1) is 15.5 Å². The molecule has 7 heteroatoms. The molecule has 0 spiro atoms. The highest BCUT2D eigenvalue weighted by Crippen LogP contribution is 2.36. The first-order chi connectivity index (χ1) is 11.5. The predicted octanol–water partition coefficient (Wildman–Crippen LogP) is 4.14. The van der Waals surface area contributed by atoms with Gasteiger partial charge >= 0.3 is 0 Å². The first-order valence-corrected chi connectivity index (χ1v) is 7.86. The summed E-state index contributed by atoms with van der Waals surface area (Å²) in [6, 6.07) is 13.0. The molecular weight excluding hydrogens is 328 g/mol. The van der Waals surface area contributed by atoms with Crippen molar-refractivity contribution in [1.29, 1.82) is 0 Å². The van der Waals surface area contributed by atoms with Crippen LogP contribution in [0.5, 0.6) is 0 Å². The maximum Gasteiger partial charge on any atom is 0.298 e. The molecule has 0 aliphatic carbocycles. The average molecular weight is 340 g/mol. The van der Waals surface area contributed by atoms with Gasteiger partial charge < -0.3 is 0 Å². The van der Waals surface area contributed by atoms with Crippen LogP contribution >= 0.6 is 11.8 Å². The lowest BCUT2D eigenvalue weighted by Crippen LogP contribution is -2.27. The molecular formula is C17H12N2O4S. The lowest BCUT2D eigenvalue weighted by atomic mass is 10.2. The van der Waals surface area contributed by atoms with Gasteiger partial charge in [0, 0.05) is 12.1 Å². The Hall–Kier alpha value is -2.93. The summed E-state index contributed by atoms with van der Waals surface area (Å²) in [6.07, 6.45) is 1.49. The highest BCUT2D eigenvalue weighted by Gasteiger charge is 2.36. The summed E-state index contributed by atoms with van der Waals surface area (Å²) in [5, 5.41) is 10.4. The predicted molar refractivity (Wildman–Crippen MR) is 92.7 cm³/mol. The number of imide groups is 1. The number of nitro groups is 1. The third-order valence-corrected chi connectivity index (χ3v) is 4.33. The van der Waals surface area contributed by atoms with Gasteiger partial charge in [0.25, 0.3) is 16.8 Å². The molecule has 3 rings (SSSR count). The Morgan fingerprint density at radius 3 is 2.50 bits per heavy atom. The zero-order chi connectivity index (χ0) is 17.3. The van der Waals surface area contributed by atoms with Crippen LogP contribution in [0.15, 0.2) is 53.4 Å². The van der Waals surface area contributed by atoms with Crippen LogP contribution in [-0.2, 0) is 4.79 Å². The molecule has 0 aromatic heterocycles. The highest BCUT2D eigenvalue weighted by atomic mass is 32.2. The number of anilines is 1. The molecule has 24 heavy (non-hydrogen) atoms. The van der Waals surface area contributed by atoms with E-state index < -0.39 is 10.8 Å². The van der Waals surface area contributed by atoms with Gasteiger partial charge in [0.15, 0.2) is 0 Å². The maximum absolute atomic E-state index is 12.5. The van der Waals surface area contributed by atoms with Gasteiger partial charge in [0.1, 0.15) is 0 Å². The van der Waals surface area contributed by atoms with Crippen LogP contribution in [0.1, 0.15) is 11.1 Å². The fourth-order valence-corrected chi connectivity index (χ4v) is 3.11. The molecule has 0 radical (unpaired) electrons. The van der Waals surface area contributed by atoms with Crippen LogP contribution in [0.25, 0.3) is 6.08 Å². The summed E-state index contributed by atoms with van der Waals surface area (Å²) < 4.78 is 0. The van der Waals surface area contributed by atoms with E-state index in [-0.39, 0.29) is 15.8 Å². The largest absolute Gasteiger partial charge is 0.298 e. The molecule has 0 N–H and O–H groups in total. The number of nitrogens with zero attached hydrogens (tertiary/aromatic N) is 2. The number of aryl methyl sites for hydroxylation is 1. The Balaban J connectivity index is 1.92. The van der Waals surface area contributed by atoms with Crippen LogP contribution in [-0.4, -0.2) is 16.1 Å². The van der Waals surface area contributed by atoms with E-state index in [9.17, 15) is 19.7 Å². The summed E-state index contributed by atoms with van der Waals surface area (Å²) in [5.74, 6) is -0.430. The van der Waals surface area contributed by atoms with Crippen molar-refractivity contribution < 1.29 is 14.5 Å². The molecule has 6 nitrogen and oxygen atoms in total. The van der Waals surface area contributed by atoms with Gasteiger partial charge in [-0.25, -0.2) is 4.90 Å². The highest BCUT2D eigenvalue weighted by molar-refractivity contribution is 8.19. The van der Waals surface area contributed by atoms with Crippen molar-refractivity contribution in [3.05, 3.63) is 74.7 Å². The number of nitro benzene ring substituents is 1. The standard InChI is InChI=1S/C17H12N2O4S/c1-11-5-7-13(8-6-11)18-16(20)15(24-17(18)21)10-12-3-2-4-14(9-12)19(22)23/h2-10H,1H3. The molecule has 1 aliphatic heterocycles. The summed E-state index contributed by atoms with van der Waals surface area (Å²) in [7, 11) is 0. The van der Waals surface area contributed by atoms with E-state index in [1.807, 2.05) is 19.1 Å². The number of carbonyl (C=O) groups is 2. The number of hydrogen-bond acceptors (Lipinski definition) is 5. The van der Waals surface area contributed by atoms with Crippen molar-refractivity contribution in [2.24, 2.45) is 0 Å². The van der Waals surface area contributed by atoms with Gasteiger partial charge in [-0.15, -0.1) is 0 Å². The molecule has 0 atom stereocenters. The molecule has 0 saturated carbocycles. The Morgan fingerprint density at radius 1 is 1.12 bits per heavy atom. The topological polar surface area (TPSA) is 80.5 Å². The molecule has 0 unspecified atom stereocenters. The Morgan fingerprint density at radius 2 is 1.83 bits per heavy atom. The van der Waals surface area contributed by atoms with E-state index in [2.05, 4.69) is 0 Å². The number of thioether (sulfide) groups is 1. The quantitative estimate of drug-likeness (QED) is 0.476. The first-order valence-electron chi connectivity index (χ1n) is 7.05. The fraction of sp³-hybridized carbons (Fsp3) is 0.0588. The molecule has 2 aromatic carbocycles. The van der Waals surface area contributed by atoms with E-state index in [4.69, 9.17) is 0 Å². The molecule has 1 saturated heterocycles. The minimum absolute atomic E-state index is 0.0680. The number of benzene rings is 2. The number of amides is 2. The Bertz CT molecular complexity index is 874. The van der Waals surface area contributed by atoms with Crippen molar-refractivity contribution in [2.45, 2.75) is 6.92 Å². The van der Waals surface area contributed by atoms with Crippen LogP contribution in [0.3, 0.4) is 0 Å². The zero-order valence-electron chi connectivity index (χ0n) is 12.6. The Kier molecular flexibility index (Phi) is 4.18. The summed E-state index contributed by atoms with van der Waals surface area (Å²) in [6.45, 7) is 1.92. The summed E-state index contributed by atoms with van der Waals surface area (Å²) >= 11 is 0.819. The van der Waals surface area contributed by atoms with Gasteiger partial charge in [0.2, 0.25) is 0 Å². The van der Waals surface area contributed by atoms with E-state index in [0.717, 1.165) is 22.2 Å². The van der Waals surface area contributed by atoms with Crippen LogP contribution < -0.4 is 4.90 Å². The molecule has 1 fully saturated rings. The number of hydrogen-bond donors (Lipinski definition) is 0. The van der Waals surface area contributed by atoms with E-state index in [1.165, 1.54) is 24.3 Å². The Labute approximate surface area is 141 Å². The molecule has 2 aromatic rings. The summed E-state index contributed by atoms with van der Waals surface area (Å²) in [4.78, 5) is 36.3. The second-order valence-electron chi connectivity index (χ2n) is 5.20. The number of carbonyl (C=O) groups excluding carboxylic acids is 2. The maximum atomic E-state index is 12.5. The van der Waals surface area contributed by atoms with Gasteiger partial charge in [-0.1, -0.05) is 29.8 Å². The minimum atomic E-state index is -0.505. The smallest absolute Gasteiger partial charge is 0.268 e. The third kappa shape index (κ3) is 3.07. The van der Waals surface area contributed by atoms with E-state index in [1.54, 1.807) is 18.2 Å². The lowest BCUT2D eigenvalue weighted by molar-refractivity contribution is -0.384. The average Bonchev–Trinajstić information content (AvgIpc) is 2.83. The zero-order valence-corrected chi connectivity index (χ0v) is 13.4. The van der Waals surface area contributed by atoms with Gasteiger partial charge in [-0.3, -0.25) is 19.7 Å². The normalized spacial score (nSPS) is 16.0. The minimum Gasteiger partial charge on any atom is -0.268 e. The van der Waals surface area contributed by atoms with Crippen molar-refractivity contribution in [1.82, 2.24) is 0 Å². The molecule has 2 amide bonds. The molecule has 120 valence electrons. The SMILES string of the molecule is Cc1ccc(N2C(=O)SC(=Cc3cccc([N+](=O)[O-])c3)C2=O)cc1. The van der Waals surface area contributed by atoms with Crippen LogP contribution in [0, 0.1) is 17.0 Å². The second-order valence-corrected chi connectivity index (χ2v) is 6.20. The summed E-state index contributed by atoms with van der Waals surface area (Å²) in [5.41, 5.74) is 1.96. The van der Waals surface area contributed by atoms with Gasteiger partial charge in [-0.05, 0) is 42.5 Å². The van der Waals surface area contributed by atoms with Crippen molar-refractivity contribution >= 4 is 40.4 Å². The lowest BCUT2D eigenvalue weighted by Gasteiger charge is -2.12. The van der Waals surface area contributed by atoms with Gasteiger partial charge in [-0.2, -0.15) is 0 Å². The first kappa shape index (κ1) is 15.9.